The maximum absolute atomic E-state index is 12.4. The number of rotatable bonds is 16. The average Bonchev–Trinajstić information content (AvgIpc) is 3.08. The van der Waals surface area contributed by atoms with Gasteiger partial charge < -0.3 is 52.8 Å². The highest BCUT2D eigenvalue weighted by molar-refractivity contribution is 5.77. The van der Waals surface area contributed by atoms with E-state index >= 15 is 0 Å². The van der Waals surface area contributed by atoms with E-state index in [1.54, 1.807) is 64.8 Å². The van der Waals surface area contributed by atoms with Crippen molar-refractivity contribution >= 4 is 5.97 Å². The van der Waals surface area contributed by atoms with Crippen molar-refractivity contribution < 1.29 is 57.6 Å². The Morgan fingerprint density at radius 3 is 1.22 bits per heavy atom. The van der Waals surface area contributed by atoms with Gasteiger partial charge in [-0.05, 0) is 53.1 Å². The number of methoxy groups -OCH3 is 6. The number of aliphatic hydroxyl groups is 1. The second kappa shape index (κ2) is 15.9. The second-order valence-electron chi connectivity index (χ2n) is 10.8. The van der Waals surface area contributed by atoms with Crippen LogP contribution in [0, 0.1) is 0 Å². The Hall–Kier alpha value is -4.23. The van der Waals surface area contributed by atoms with Gasteiger partial charge in [0.15, 0.2) is 40.1 Å². The van der Waals surface area contributed by atoms with Gasteiger partial charge in [-0.2, -0.15) is 0 Å². The maximum Gasteiger partial charge on any atom is 0.335 e. The molecule has 0 heterocycles. The molecule has 46 heavy (non-hydrogen) atoms. The van der Waals surface area contributed by atoms with E-state index in [0.717, 1.165) is 16.7 Å². The first-order valence-corrected chi connectivity index (χ1v) is 14.6. The number of hydrogen-bond donors (Lipinski definition) is 2. The van der Waals surface area contributed by atoms with Crippen LogP contribution in [0.3, 0.4) is 0 Å². The summed E-state index contributed by atoms with van der Waals surface area (Å²) in [6, 6.07) is 16.1. The zero-order chi connectivity index (χ0) is 33.3. The lowest BCUT2D eigenvalue weighted by molar-refractivity contribution is -0.218. The fraction of sp³-hybridized carbons (Fsp3) is 0.441. The molecule has 2 N–H and O–H groups in total. The van der Waals surface area contributed by atoms with Gasteiger partial charge in [0.1, 0.15) is 6.10 Å². The lowest BCUT2D eigenvalue weighted by atomic mass is 9.79. The summed E-state index contributed by atoms with van der Waals surface area (Å²) in [5.74, 6) is 1.90. The molecule has 12 heteroatoms. The van der Waals surface area contributed by atoms with Crippen LogP contribution in [0.2, 0.25) is 0 Å². The molecule has 1 fully saturated rings. The van der Waals surface area contributed by atoms with Crippen molar-refractivity contribution in [3.63, 3.8) is 0 Å². The Labute approximate surface area is 268 Å². The predicted octanol–water partition coefficient (Wildman–Crippen LogP) is 4.40. The van der Waals surface area contributed by atoms with Gasteiger partial charge in [-0.25, -0.2) is 4.79 Å². The van der Waals surface area contributed by atoms with Gasteiger partial charge in [0.2, 0.25) is 0 Å². The molecule has 3 aromatic carbocycles. The highest BCUT2D eigenvalue weighted by atomic mass is 16.6. The lowest BCUT2D eigenvalue weighted by Gasteiger charge is -2.43. The molecular formula is C34H42O12. The third kappa shape index (κ3) is 8.13. The summed E-state index contributed by atoms with van der Waals surface area (Å²) in [6.07, 6.45) is -2.92. The average molecular weight is 643 g/mol. The van der Waals surface area contributed by atoms with Gasteiger partial charge >= 0.3 is 5.97 Å². The molecule has 12 nitrogen and oxygen atoms in total. The van der Waals surface area contributed by atoms with E-state index in [9.17, 15) is 15.0 Å². The number of benzene rings is 3. The largest absolute Gasteiger partial charge is 0.493 e. The molecule has 0 radical (unpaired) electrons. The van der Waals surface area contributed by atoms with E-state index in [1.165, 1.54) is 14.2 Å². The third-order valence-electron chi connectivity index (χ3n) is 7.92. The number of hydrogen-bond acceptors (Lipinski definition) is 11. The first-order chi connectivity index (χ1) is 22.2. The van der Waals surface area contributed by atoms with Gasteiger partial charge in [-0.1, -0.05) is 18.2 Å². The maximum atomic E-state index is 12.4. The number of carbonyl (C=O) groups is 1. The van der Waals surface area contributed by atoms with Crippen molar-refractivity contribution in [1.82, 2.24) is 0 Å². The minimum atomic E-state index is -2.12. The van der Waals surface area contributed by atoms with E-state index < -0.39 is 29.9 Å². The van der Waals surface area contributed by atoms with Gasteiger partial charge in [-0.15, -0.1) is 0 Å². The predicted molar refractivity (Wildman–Crippen MR) is 166 cm³/mol. The molecule has 1 aliphatic carbocycles. The normalized spacial score (nSPS) is 20.9. The van der Waals surface area contributed by atoms with E-state index in [2.05, 4.69) is 0 Å². The van der Waals surface area contributed by atoms with Gasteiger partial charge in [0, 0.05) is 12.8 Å². The van der Waals surface area contributed by atoms with Crippen LogP contribution >= 0.6 is 0 Å². The lowest BCUT2D eigenvalue weighted by Crippen LogP contribution is -2.58. The molecule has 250 valence electrons. The zero-order valence-corrected chi connectivity index (χ0v) is 26.9. The topological polar surface area (TPSA) is 141 Å². The molecule has 1 aliphatic rings. The van der Waals surface area contributed by atoms with Crippen molar-refractivity contribution in [2.75, 3.05) is 42.7 Å². The fourth-order valence-corrected chi connectivity index (χ4v) is 5.43. The van der Waals surface area contributed by atoms with Crippen molar-refractivity contribution in [2.24, 2.45) is 0 Å². The number of carboxylic acid groups (broad SMARTS) is 1. The molecule has 3 aromatic rings. The second-order valence-corrected chi connectivity index (χ2v) is 10.8. The highest BCUT2D eigenvalue weighted by Crippen LogP contribution is 2.37. The molecule has 2 atom stereocenters. The van der Waals surface area contributed by atoms with E-state index in [1.807, 2.05) is 18.2 Å². The van der Waals surface area contributed by atoms with Gasteiger partial charge in [-0.3, -0.25) is 0 Å². The molecule has 0 spiro atoms. The zero-order valence-electron chi connectivity index (χ0n) is 26.9. The van der Waals surface area contributed by atoms with Gasteiger partial charge in [0.25, 0.3) is 0 Å². The quantitative estimate of drug-likeness (QED) is 0.229. The first-order valence-electron chi connectivity index (χ1n) is 14.6. The van der Waals surface area contributed by atoms with Crippen LogP contribution in [-0.2, 0) is 38.8 Å². The Morgan fingerprint density at radius 1 is 0.587 bits per heavy atom. The van der Waals surface area contributed by atoms with Crippen molar-refractivity contribution in [3.05, 3.63) is 71.3 Å². The van der Waals surface area contributed by atoms with Crippen molar-refractivity contribution in [1.29, 1.82) is 0 Å². The first kappa shape index (κ1) is 34.6. The molecule has 0 bridgehead atoms. The Morgan fingerprint density at radius 2 is 0.913 bits per heavy atom. The summed E-state index contributed by atoms with van der Waals surface area (Å²) >= 11 is 0. The number of carboxylic acids is 1. The Bertz CT molecular complexity index is 1390. The third-order valence-corrected chi connectivity index (χ3v) is 7.92. The monoisotopic (exact) mass is 642 g/mol. The van der Waals surface area contributed by atoms with Crippen LogP contribution in [-0.4, -0.2) is 82.8 Å². The summed E-state index contributed by atoms with van der Waals surface area (Å²) in [5, 5.41) is 21.4. The smallest absolute Gasteiger partial charge is 0.335 e. The summed E-state index contributed by atoms with van der Waals surface area (Å²) in [7, 11) is 9.27. The summed E-state index contributed by atoms with van der Waals surface area (Å²) in [5.41, 5.74) is 0.175. The molecule has 0 amide bonds. The standard InChI is InChI=1S/C34H42O12/c1-38-24-10-7-21(13-27(24)41-4)18-44-30-16-34(37,33(35)36)17-31(45-19-22-8-11-25(39-2)28(14-22)42-5)32(30)46-20-23-9-12-26(40-3)29(15-23)43-6/h7-15,30-32,37H,16-20H2,1-6H3,(H,35,36)/t30-,31-,32?,34?/m1/s1. The van der Waals surface area contributed by atoms with E-state index in [4.69, 9.17) is 42.6 Å². The van der Waals surface area contributed by atoms with Crippen molar-refractivity contribution in [3.8, 4) is 34.5 Å². The molecular weight excluding hydrogens is 600 g/mol. The van der Waals surface area contributed by atoms with Crippen LogP contribution in [0.5, 0.6) is 34.5 Å². The Kier molecular flexibility index (Phi) is 11.9. The molecule has 1 saturated carbocycles. The van der Waals surface area contributed by atoms with Gasteiger partial charge in [0.05, 0.1) is 74.7 Å². The SMILES string of the molecule is COc1ccc(COC2[C@H](OCc3ccc(OC)c(OC)c3)CC(O)(C(=O)O)C[C@H]2OCc2ccc(OC)c(OC)c2)cc1OC. The minimum absolute atomic E-state index is 0.0827. The summed E-state index contributed by atoms with van der Waals surface area (Å²) in [6.45, 7) is 0.293. The number of ether oxygens (including phenoxy) is 9. The van der Waals surface area contributed by atoms with Crippen LogP contribution < -0.4 is 28.4 Å². The van der Waals surface area contributed by atoms with Crippen LogP contribution in [0.25, 0.3) is 0 Å². The summed E-state index contributed by atoms with van der Waals surface area (Å²) < 4.78 is 51.4. The number of aliphatic carboxylic acids is 1. The molecule has 0 aromatic heterocycles. The molecule has 0 aliphatic heterocycles. The van der Waals surface area contributed by atoms with Crippen LogP contribution in [0.1, 0.15) is 29.5 Å². The van der Waals surface area contributed by atoms with Crippen molar-refractivity contribution in [2.45, 2.75) is 56.6 Å². The van der Waals surface area contributed by atoms with E-state index in [-0.39, 0.29) is 32.7 Å². The molecule has 4 rings (SSSR count). The summed E-state index contributed by atoms with van der Waals surface area (Å²) in [4.78, 5) is 12.4. The molecule has 0 saturated heterocycles. The fourth-order valence-electron chi connectivity index (χ4n) is 5.43. The van der Waals surface area contributed by atoms with Crippen LogP contribution in [0.4, 0.5) is 0 Å². The molecule has 0 unspecified atom stereocenters. The minimum Gasteiger partial charge on any atom is -0.493 e. The van der Waals surface area contributed by atoms with Crippen LogP contribution in [0.15, 0.2) is 54.6 Å². The van der Waals surface area contributed by atoms with E-state index in [0.29, 0.717) is 34.5 Å². The highest BCUT2D eigenvalue weighted by Gasteiger charge is 2.51. The Balaban J connectivity index is 1.63.